The second kappa shape index (κ2) is 12.7. The van der Waals surface area contributed by atoms with Crippen LogP contribution in [0.5, 0.6) is 5.75 Å². The number of hydrogen-bond acceptors (Lipinski definition) is 7. The molecule has 0 aliphatic carbocycles. The summed E-state index contributed by atoms with van der Waals surface area (Å²) in [6.07, 6.45) is 2.02. The summed E-state index contributed by atoms with van der Waals surface area (Å²) in [7, 11) is 0. The smallest absolute Gasteiger partial charge is 0.404 e. The van der Waals surface area contributed by atoms with Gasteiger partial charge in [0.05, 0.1) is 29.0 Å². The van der Waals surface area contributed by atoms with E-state index in [0.29, 0.717) is 26.3 Å². The number of aromatic amines is 1. The van der Waals surface area contributed by atoms with Crippen LogP contribution in [0.1, 0.15) is 18.4 Å². The highest BCUT2D eigenvalue weighted by atomic mass is 35.5. The minimum Gasteiger partial charge on any atom is -0.404 e. The molecule has 0 saturated carbocycles. The molecular formula is C25H26ClF3N6O2. The largest absolute Gasteiger partial charge is 0.573 e. The molecule has 4 aromatic rings. The van der Waals surface area contributed by atoms with Gasteiger partial charge in [0.15, 0.2) is 0 Å². The Labute approximate surface area is 216 Å². The highest BCUT2D eigenvalue weighted by molar-refractivity contribution is 6.32. The van der Waals surface area contributed by atoms with Crippen molar-refractivity contribution in [1.82, 2.24) is 25.5 Å². The zero-order valence-electron chi connectivity index (χ0n) is 19.8. The van der Waals surface area contributed by atoms with Gasteiger partial charge in [0.2, 0.25) is 0 Å². The first kappa shape index (κ1) is 26.6. The lowest BCUT2D eigenvalue weighted by Crippen LogP contribution is -2.18. The first-order valence-electron chi connectivity index (χ1n) is 11.7. The van der Waals surface area contributed by atoms with Crippen molar-refractivity contribution in [1.29, 1.82) is 0 Å². The molecule has 3 N–H and O–H groups in total. The third kappa shape index (κ3) is 8.04. The van der Waals surface area contributed by atoms with Gasteiger partial charge in [-0.25, -0.2) is 9.97 Å². The second-order valence-corrected chi connectivity index (χ2v) is 8.59. The molecule has 4 rings (SSSR count). The Morgan fingerprint density at radius 1 is 1.03 bits per heavy atom. The molecule has 2 aromatic heterocycles. The number of aromatic nitrogens is 4. The van der Waals surface area contributed by atoms with Gasteiger partial charge < -0.3 is 20.1 Å². The van der Waals surface area contributed by atoms with Crippen molar-refractivity contribution in [3.63, 3.8) is 0 Å². The standard InChI is InChI=1S/C25H26ClF3N6O2/c26-20-11-17(3-4-24(20)37-25(27,28)29)14-30-6-1-2-9-36-10-8-32-22-12-18(21-5-7-31-16-33-21)13-23-19(22)15-34-35-23/h3-5,7,11-13,15-16,30,32H,1-2,6,8-10,14H2,(H,34,35). The lowest BCUT2D eigenvalue weighted by atomic mass is 10.1. The van der Waals surface area contributed by atoms with Crippen molar-refractivity contribution in [3.8, 4) is 17.0 Å². The molecule has 0 bridgehead atoms. The minimum absolute atomic E-state index is 0.0760. The zero-order chi connectivity index (χ0) is 26.1. The SMILES string of the molecule is FC(F)(F)Oc1ccc(CNCCCCOCCNc2cc(-c3ccncn3)cc3[nH]ncc23)cc1Cl. The average molecular weight is 535 g/mol. The van der Waals surface area contributed by atoms with Gasteiger partial charge in [-0.2, -0.15) is 5.10 Å². The molecule has 2 aromatic carbocycles. The Kier molecular flexibility index (Phi) is 9.15. The number of nitrogens with zero attached hydrogens (tertiary/aromatic N) is 3. The lowest BCUT2D eigenvalue weighted by molar-refractivity contribution is -0.274. The summed E-state index contributed by atoms with van der Waals surface area (Å²) in [6, 6.07) is 10.1. The van der Waals surface area contributed by atoms with E-state index in [4.69, 9.17) is 16.3 Å². The van der Waals surface area contributed by atoms with E-state index in [1.54, 1.807) is 18.5 Å². The van der Waals surface area contributed by atoms with Crippen LogP contribution in [0.3, 0.4) is 0 Å². The third-order valence-electron chi connectivity index (χ3n) is 5.44. The van der Waals surface area contributed by atoms with Crippen LogP contribution in [0.15, 0.2) is 55.1 Å². The van der Waals surface area contributed by atoms with Crippen molar-refractivity contribution in [3.05, 3.63) is 65.7 Å². The summed E-state index contributed by atoms with van der Waals surface area (Å²) in [5, 5.41) is 14.7. The Bertz CT molecular complexity index is 1290. The van der Waals surface area contributed by atoms with Gasteiger partial charge in [0.1, 0.15) is 12.1 Å². The normalized spacial score (nSPS) is 11.7. The number of benzene rings is 2. The monoisotopic (exact) mass is 534 g/mol. The lowest BCUT2D eigenvalue weighted by Gasteiger charge is -2.12. The Morgan fingerprint density at radius 3 is 2.70 bits per heavy atom. The number of H-pyrrole nitrogens is 1. The maximum atomic E-state index is 12.3. The van der Waals surface area contributed by atoms with Crippen molar-refractivity contribution in [2.24, 2.45) is 0 Å². The van der Waals surface area contributed by atoms with E-state index in [-0.39, 0.29) is 5.02 Å². The molecule has 0 amide bonds. The predicted octanol–water partition coefficient (Wildman–Crippen LogP) is 5.57. The fourth-order valence-corrected chi connectivity index (χ4v) is 3.96. The van der Waals surface area contributed by atoms with Crippen LogP contribution >= 0.6 is 11.6 Å². The highest BCUT2D eigenvalue weighted by Crippen LogP contribution is 2.31. The molecule has 37 heavy (non-hydrogen) atoms. The van der Waals surface area contributed by atoms with Crippen LogP contribution in [0.25, 0.3) is 22.2 Å². The minimum atomic E-state index is -4.77. The van der Waals surface area contributed by atoms with Crippen LogP contribution in [-0.4, -0.2) is 52.8 Å². The van der Waals surface area contributed by atoms with Crippen molar-refractivity contribution >= 4 is 28.2 Å². The van der Waals surface area contributed by atoms with E-state index in [1.807, 2.05) is 18.2 Å². The first-order chi connectivity index (χ1) is 17.9. The van der Waals surface area contributed by atoms with E-state index < -0.39 is 12.1 Å². The number of hydrogen-bond donors (Lipinski definition) is 3. The molecule has 8 nitrogen and oxygen atoms in total. The summed E-state index contributed by atoms with van der Waals surface area (Å²) in [5.74, 6) is -0.405. The summed E-state index contributed by atoms with van der Waals surface area (Å²) in [6.45, 7) is 3.05. The average Bonchev–Trinajstić information content (AvgIpc) is 3.35. The van der Waals surface area contributed by atoms with Crippen molar-refractivity contribution < 1.29 is 22.6 Å². The van der Waals surface area contributed by atoms with E-state index in [0.717, 1.165) is 52.8 Å². The maximum Gasteiger partial charge on any atom is 0.573 e. The highest BCUT2D eigenvalue weighted by Gasteiger charge is 2.32. The molecule has 12 heteroatoms. The summed E-state index contributed by atoms with van der Waals surface area (Å²) >= 11 is 5.87. The van der Waals surface area contributed by atoms with Crippen LogP contribution in [-0.2, 0) is 11.3 Å². The molecular weight excluding hydrogens is 509 g/mol. The topological polar surface area (TPSA) is 97.0 Å². The van der Waals surface area contributed by atoms with Gasteiger partial charge in [0.25, 0.3) is 0 Å². The molecule has 0 aliphatic heterocycles. The van der Waals surface area contributed by atoms with Crippen molar-refractivity contribution in [2.75, 3.05) is 31.6 Å². The van der Waals surface area contributed by atoms with Gasteiger partial charge in [-0.1, -0.05) is 17.7 Å². The van der Waals surface area contributed by atoms with Gasteiger partial charge in [-0.3, -0.25) is 5.10 Å². The molecule has 0 fully saturated rings. The van der Waals surface area contributed by atoms with Gasteiger partial charge >= 0.3 is 6.36 Å². The maximum absolute atomic E-state index is 12.3. The molecule has 0 unspecified atom stereocenters. The molecule has 2 heterocycles. The van der Waals surface area contributed by atoms with Gasteiger partial charge in [-0.05, 0) is 55.3 Å². The molecule has 196 valence electrons. The summed E-state index contributed by atoms with van der Waals surface area (Å²) in [4.78, 5) is 8.29. The molecule has 0 radical (unpaired) electrons. The summed E-state index contributed by atoms with van der Waals surface area (Å²) in [5.41, 5.74) is 4.43. The van der Waals surface area contributed by atoms with Crippen LogP contribution < -0.4 is 15.4 Å². The van der Waals surface area contributed by atoms with Crippen molar-refractivity contribution in [2.45, 2.75) is 25.7 Å². The Morgan fingerprint density at radius 2 is 1.92 bits per heavy atom. The second-order valence-electron chi connectivity index (χ2n) is 8.19. The molecule has 0 aliphatic rings. The third-order valence-corrected chi connectivity index (χ3v) is 5.74. The first-order valence-corrected chi connectivity index (χ1v) is 12.1. The van der Waals surface area contributed by atoms with Crippen LogP contribution in [0.4, 0.5) is 18.9 Å². The number of alkyl halides is 3. The Hall–Kier alpha value is -3.41. The van der Waals surface area contributed by atoms with E-state index in [2.05, 4.69) is 35.5 Å². The quantitative estimate of drug-likeness (QED) is 0.193. The van der Waals surface area contributed by atoms with Crippen LogP contribution in [0, 0.1) is 0 Å². The molecule has 0 spiro atoms. The van der Waals surface area contributed by atoms with Gasteiger partial charge in [0, 0.05) is 42.5 Å². The number of rotatable bonds is 13. The number of nitrogens with one attached hydrogen (secondary N) is 3. The van der Waals surface area contributed by atoms with Gasteiger partial charge in [-0.15, -0.1) is 13.2 Å². The van der Waals surface area contributed by atoms with E-state index in [9.17, 15) is 13.2 Å². The number of fused-ring (bicyclic) bond motifs is 1. The fourth-order valence-electron chi connectivity index (χ4n) is 3.72. The van der Waals surface area contributed by atoms with E-state index in [1.165, 1.54) is 18.5 Å². The number of ether oxygens (including phenoxy) is 2. The number of halogens is 4. The number of unbranched alkanes of at least 4 members (excludes halogenated alkanes) is 1. The van der Waals surface area contributed by atoms with Crippen LogP contribution in [0.2, 0.25) is 5.02 Å². The fraction of sp³-hybridized carbons (Fsp3) is 0.320. The Balaban J connectivity index is 1.12. The van der Waals surface area contributed by atoms with E-state index >= 15 is 0 Å². The summed E-state index contributed by atoms with van der Waals surface area (Å²) < 4.78 is 46.6. The molecule has 0 saturated heterocycles. The number of anilines is 1. The zero-order valence-corrected chi connectivity index (χ0v) is 20.6. The predicted molar refractivity (Wildman–Crippen MR) is 136 cm³/mol. The molecule has 0 atom stereocenters.